The van der Waals surface area contributed by atoms with Crippen LogP contribution in [0.15, 0.2) is 48.5 Å². The summed E-state index contributed by atoms with van der Waals surface area (Å²) in [6, 6.07) is 14.3. The number of halogens is 4. The quantitative estimate of drug-likeness (QED) is 0.263. The van der Waals surface area contributed by atoms with Gasteiger partial charge in [0, 0.05) is 73.8 Å². The van der Waals surface area contributed by atoms with Gasteiger partial charge in [-0.25, -0.2) is 21.9 Å². The fourth-order valence-electron chi connectivity index (χ4n) is 6.52. The number of aromatic nitrogens is 1. The van der Waals surface area contributed by atoms with Crippen molar-refractivity contribution in [3.63, 3.8) is 0 Å². The summed E-state index contributed by atoms with van der Waals surface area (Å²) in [5.74, 6) is -2.97. The number of piperidine rings is 2. The smallest absolute Gasteiger partial charge is 0.270 e. The molecule has 2 fully saturated rings. The molecular weight excluding hydrogens is 687 g/mol. The maximum Gasteiger partial charge on any atom is 0.270 e. The van der Waals surface area contributed by atoms with E-state index in [9.17, 15) is 26.8 Å². The molecule has 48 heavy (non-hydrogen) atoms. The van der Waals surface area contributed by atoms with E-state index >= 15 is 0 Å². The first kappa shape index (κ1) is 36.1. The minimum absolute atomic E-state index is 0.0699. The molecule has 0 radical (unpaired) electrons. The van der Waals surface area contributed by atoms with Gasteiger partial charge in [-0.2, -0.15) is 0 Å². The van der Waals surface area contributed by atoms with Crippen LogP contribution in [0.1, 0.15) is 42.6 Å². The van der Waals surface area contributed by atoms with Crippen LogP contribution in [-0.4, -0.2) is 91.6 Å². The monoisotopic (exact) mass is 725 g/mol. The van der Waals surface area contributed by atoms with E-state index in [0.717, 1.165) is 17.5 Å². The highest BCUT2D eigenvalue weighted by molar-refractivity contribution is 7.88. The summed E-state index contributed by atoms with van der Waals surface area (Å²) in [5, 5.41) is 0.877. The number of sulfonamides is 1. The van der Waals surface area contributed by atoms with Gasteiger partial charge in [-0.1, -0.05) is 29.3 Å². The maximum atomic E-state index is 14.1. The number of alkyl halides is 2. The molecule has 0 unspecified atom stereocenters. The van der Waals surface area contributed by atoms with Gasteiger partial charge in [0.05, 0.1) is 18.6 Å². The van der Waals surface area contributed by atoms with E-state index in [0.29, 0.717) is 45.6 Å². The topological polar surface area (TPSA) is 127 Å². The molecule has 2 aromatic carbocycles. The number of ether oxygens (including phenoxy) is 1. The van der Waals surface area contributed by atoms with Crippen molar-refractivity contribution >= 4 is 45.0 Å². The average molecular weight is 727 g/mol. The fourth-order valence-corrected chi connectivity index (χ4v) is 7.55. The van der Waals surface area contributed by atoms with Gasteiger partial charge in [-0.15, -0.1) is 0 Å². The first-order valence-corrected chi connectivity index (χ1v) is 18.3. The van der Waals surface area contributed by atoms with Crippen LogP contribution in [-0.2, 0) is 21.9 Å². The molecule has 15 heteroatoms. The van der Waals surface area contributed by atoms with Gasteiger partial charge >= 0.3 is 0 Å². The zero-order chi connectivity index (χ0) is 34.9. The summed E-state index contributed by atoms with van der Waals surface area (Å²) >= 11 is 12.8. The second kappa shape index (κ2) is 14.3. The van der Waals surface area contributed by atoms with E-state index in [1.807, 2.05) is 12.1 Å². The Morgan fingerprint density at radius 3 is 2.19 bits per heavy atom. The third-order valence-corrected chi connectivity index (χ3v) is 10.5. The summed E-state index contributed by atoms with van der Waals surface area (Å²) in [7, 11) is -1.47. The zero-order valence-electron chi connectivity index (χ0n) is 26.8. The van der Waals surface area contributed by atoms with E-state index in [4.69, 9.17) is 33.7 Å². The van der Waals surface area contributed by atoms with Crippen LogP contribution in [0, 0.1) is 0 Å². The molecular formula is C33H39Cl2F2N5O5S. The average Bonchev–Trinajstić information content (AvgIpc) is 3.36. The van der Waals surface area contributed by atoms with E-state index in [1.165, 1.54) is 0 Å². The number of amides is 2. The first-order valence-electron chi connectivity index (χ1n) is 15.7. The number of hydrogen-bond donors (Lipinski definition) is 2. The number of nitrogens with one attached hydrogen (secondary N) is 1. The highest BCUT2D eigenvalue weighted by Crippen LogP contribution is 2.41. The van der Waals surface area contributed by atoms with Gasteiger partial charge in [0.15, 0.2) is 0 Å². The minimum Gasteiger partial charge on any atom is -0.494 e. The second-order valence-electron chi connectivity index (χ2n) is 12.4. The van der Waals surface area contributed by atoms with Crippen LogP contribution in [0.4, 0.5) is 8.78 Å². The zero-order valence-corrected chi connectivity index (χ0v) is 29.1. The SMILES string of the molecule is Cn1c(C(=O)N2CCC(C(N)=O)(N3CCC(F)(F)CC3)CC2)cc(-c2ccc(Cl)cc2Cl)c1-c1ccc(OCCCNS(C)(=O)=O)cc1. The van der Waals surface area contributed by atoms with Crippen molar-refractivity contribution in [1.82, 2.24) is 19.1 Å². The number of primary amides is 1. The summed E-state index contributed by atoms with van der Waals surface area (Å²) in [4.78, 5) is 30.3. The van der Waals surface area contributed by atoms with Crippen LogP contribution in [0.25, 0.3) is 22.4 Å². The molecule has 0 atom stereocenters. The Balaban J connectivity index is 1.38. The Hall–Kier alpha value is -3.23. The second-order valence-corrected chi connectivity index (χ2v) is 15.1. The van der Waals surface area contributed by atoms with Crippen LogP contribution in [0.5, 0.6) is 5.75 Å². The standard InChI is InChI=1S/C33H39Cl2F2N5O5S/c1-40-28(30(43)41-15-10-32(11-16-41,31(38)44)42-17-12-33(36,37)13-18-42)21-26(25-9-6-23(34)20-27(25)35)29(40)22-4-7-24(8-5-22)47-19-3-14-39-48(2,45)46/h4-9,20-21,39H,3,10-19H2,1-2H3,(H2,38,44). The lowest BCUT2D eigenvalue weighted by Gasteiger charge is -2.48. The maximum absolute atomic E-state index is 14.1. The van der Waals surface area contributed by atoms with Crippen LogP contribution < -0.4 is 15.2 Å². The molecule has 0 spiro atoms. The molecule has 0 aliphatic carbocycles. The molecule has 5 rings (SSSR count). The Morgan fingerprint density at radius 2 is 1.60 bits per heavy atom. The predicted octanol–water partition coefficient (Wildman–Crippen LogP) is 5.18. The molecule has 260 valence electrons. The van der Waals surface area contributed by atoms with Crippen molar-refractivity contribution in [3.05, 3.63) is 64.3 Å². The van der Waals surface area contributed by atoms with E-state index in [1.54, 1.807) is 57.8 Å². The first-order chi connectivity index (χ1) is 22.6. The molecule has 2 aliphatic rings. The van der Waals surface area contributed by atoms with Gasteiger partial charge in [0.1, 0.15) is 17.0 Å². The lowest BCUT2D eigenvalue weighted by atomic mass is 9.83. The van der Waals surface area contributed by atoms with Crippen molar-refractivity contribution < 1.29 is 31.5 Å². The number of rotatable bonds is 11. The van der Waals surface area contributed by atoms with Crippen molar-refractivity contribution in [2.75, 3.05) is 45.6 Å². The number of carbonyl (C=O) groups excluding carboxylic acids is 2. The van der Waals surface area contributed by atoms with Crippen molar-refractivity contribution in [3.8, 4) is 28.1 Å². The number of likely N-dealkylation sites (tertiary alicyclic amines) is 2. The summed E-state index contributed by atoms with van der Waals surface area (Å²) in [5.41, 5.74) is 8.09. The molecule has 2 amide bonds. The Kier molecular flexibility index (Phi) is 10.8. The number of nitrogens with zero attached hydrogens (tertiary/aromatic N) is 3. The highest BCUT2D eigenvalue weighted by atomic mass is 35.5. The van der Waals surface area contributed by atoms with Gasteiger partial charge in [0.2, 0.25) is 15.9 Å². The lowest BCUT2D eigenvalue weighted by Crippen LogP contribution is -2.64. The third kappa shape index (κ3) is 7.97. The van der Waals surface area contributed by atoms with Crippen LogP contribution in [0.3, 0.4) is 0 Å². The Morgan fingerprint density at radius 1 is 0.958 bits per heavy atom. The van der Waals surface area contributed by atoms with Gasteiger partial charge in [-0.3, -0.25) is 14.5 Å². The van der Waals surface area contributed by atoms with Crippen molar-refractivity contribution in [2.45, 2.75) is 43.6 Å². The minimum atomic E-state index is -3.27. The van der Waals surface area contributed by atoms with Crippen LogP contribution in [0.2, 0.25) is 10.0 Å². The molecule has 10 nitrogen and oxygen atoms in total. The van der Waals surface area contributed by atoms with Crippen molar-refractivity contribution in [2.24, 2.45) is 12.8 Å². The molecule has 0 bridgehead atoms. The summed E-state index contributed by atoms with van der Waals surface area (Å²) in [6.07, 6.45) is 1.43. The van der Waals surface area contributed by atoms with Crippen LogP contribution >= 0.6 is 23.2 Å². The van der Waals surface area contributed by atoms with E-state index in [-0.39, 0.29) is 64.3 Å². The number of nitrogens with two attached hydrogens (primary N) is 1. The molecule has 3 N–H and O–H groups in total. The van der Waals surface area contributed by atoms with Gasteiger partial charge < -0.3 is 19.9 Å². The largest absolute Gasteiger partial charge is 0.494 e. The third-order valence-electron chi connectivity index (χ3n) is 9.19. The van der Waals surface area contributed by atoms with Gasteiger partial charge in [0.25, 0.3) is 11.8 Å². The number of hydrogen-bond acceptors (Lipinski definition) is 6. The Bertz CT molecular complexity index is 1770. The predicted molar refractivity (Wildman–Crippen MR) is 182 cm³/mol. The number of carbonyl (C=O) groups is 2. The molecule has 3 heterocycles. The Labute approximate surface area is 289 Å². The van der Waals surface area contributed by atoms with Gasteiger partial charge in [-0.05, 0) is 67.3 Å². The normalized spacial score (nSPS) is 18.1. The molecule has 3 aromatic rings. The summed E-state index contributed by atoms with van der Waals surface area (Å²) in [6.45, 7) is 1.18. The lowest BCUT2D eigenvalue weighted by molar-refractivity contribution is -0.140. The summed E-state index contributed by atoms with van der Waals surface area (Å²) < 4.78 is 60.3. The number of benzene rings is 2. The van der Waals surface area contributed by atoms with Crippen molar-refractivity contribution in [1.29, 1.82) is 0 Å². The molecule has 1 aromatic heterocycles. The molecule has 0 saturated carbocycles. The van der Waals surface area contributed by atoms with E-state index < -0.39 is 27.4 Å². The molecule has 2 aliphatic heterocycles. The fraction of sp³-hybridized carbons (Fsp3) is 0.455. The highest BCUT2D eigenvalue weighted by Gasteiger charge is 2.49. The van der Waals surface area contributed by atoms with E-state index in [2.05, 4.69) is 4.72 Å². The molecule has 2 saturated heterocycles.